The van der Waals surface area contributed by atoms with Crippen LogP contribution in [0.3, 0.4) is 0 Å². The number of benzene rings is 1. The van der Waals surface area contributed by atoms with Gasteiger partial charge in [0.25, 0.3) is 5.91 Å². The molecule has 1 amide bonds. The zero-order chi connectivity index (χ0) is 16.1. The fourth-order valence-electron chi connectivity index (χ4n) is 2.50. The van der Waals surface area contributed by atoms with E-state index in [1.165, 1.54) is 29.7 Å². The molecule has 1 aliphatic carbocycles. The summed E-state index contributed by atoms with van der Waals surface area (Å²) < 4.78 is 10.7. The number of rotatable bonds is 8. The van der Waals surface area contributed by atoms with Crippen LogP contribution in [0.15, 0.2) is 35.7 Å². The van der Waals surface area contributed by atoms with Crippen LogP contribution in [-0.4, -0.2) is 26.2 Å². The van der Waals surface area contributed by atoms with Gasteiger partial charge in [0.05, 0.1) is 11.5 Å². The predicted molar refractivity (Wildman–Crippen MR) is 91.3 cm³/mol. The SMILES string of the molecule is COCCOc1ccccc1CNC(=O)c1sccc1C1CC1. The molecule has 0 spiro atoms. The van der Waals surface area contributed by atoms with Gasteiger partial charge in [0.1, 0.15) is 12.4 Å². The zero-order valence-electron chi connectivity index (χ0n) is 13.2. The molecule has 1 saturated carbocycles. The molecular weight excluding hydrogens is 310 g/mol. The summed E-state index contributed by atoms with van der Waals surface area (Å²) in [5, 5.41) is 5.02. The van der Waals surface area contributed by atoms with Crippen molar-refractivity contribution in [2.45, 2.75) is 25.3 Å². The molecule has 1 aliphatic rings. The van der Waals surface area contributed by atoms with Gasteiger partial charge in [0.15, 0.2) is 0 Å². The molecule has 5 heteroatoms. The average molecular weight is 331 g/mol. The molecule has 122 valence electrons. The zero-order valence-corrected chi connectivity index (χ0v) is 14.0. The number of methoxy groups -OCH3 is 1. The predicted octanol–water partition coefficient (Wildman–Crippen LogP) is 3.58. The normalized spacial score (nSPS) is 13.8. The highest BCUT2D eigenvalue weighted by Crippen LogP contribution is 2.43. The summed E-state index contributed by atoms with van der Waals surface area (Å²) in [7, 11) is 1.65. The minimum Gasteiger partial charge on any atom is -0.491 e. The maximum absolute atomic E-state index is 12.4. The highest BCUT2D eigenvalue weighted by atomic mass is 32.1. The molecule has 1 heterocycles. The fourth-order valence-corrected chi connectivity index (χ4v) is 3.40. The van der Waals surface area contributed by atoms with Gasteiger partial charge in [-0.25, -0.2) is 0 Å². The Morgan fingerprint density at radius 2 is 2.09 bits per heavy atom. The van der Waals surface area contributed by atoms with Gasteiger partial charge in [-0.15, -0.1) is 11.3 Å². The monoisotopic (exact) mass is 331 g/mol. The van der Waals surface area contributed by atoms with Crippen LogP contribution >= 0.6 is 11.3 Å². The van der Waals surface area contributed by atoms with Gasteiger partial charge in [-0.2, -0.15) is 0 Å². The van der Waals surface area contributed by atoms with Crippen molar-refractivity contribution in [3.05, 3.63) is 51.7 Å². The van der Waals surface area contributed by atoms with Crippen LogP contribution in [0.4, 0.5) is 0 Å². The standard InChI is InChI=1S/C18H21NO3S/c1-21-9-10-22-16-5-3-2-4-14(16)12-19-18(20)17-15(8-11-23-17)13-6-7-13/h2-5,8,11,13H,6-7,9-10,12H2,1H3,(H,19,20). The van der Waals surface area contributed by atoms with E-state index in [0.29, 0.717) is 25.7 Å². The maximum Gasteiger partial charge on any atom is 0.261 e. The van der Waals surface area contributed by atoms with Crippen LogP contribution in [0, 0.1) is 0 Å². The molecule has 1 aromatic heterocycles. The number of ether oxygens (including phenoxy) is 2. The summed E-state index contributed by atoms with van der Waals surface area (Å²) in [6, 6.07) is 9.85. The Morgan fingerprint density at radius 1 is 1.26 bits per heavy atom. The highest BCUT2D eigenvalue weighted by molar-refractivity contribution is 7.12. The van der Waals surface area contributed by atoms with E-state index in [1.807, 2.05) is 29.6 Å². The summed E-state index contributed by atoms with van der Waals surface area (Å²) in [4.78, 5) is 13.3. The Hall–Kier alpha value is -1.85. The molecule has 3 rings (SSSR count). The Bertz CT molecular complexity index is 664. The van der Waals surface area contributed by atoms with Crippen molar-refractivity contribution >= 4 is 17.2 Å². The van der Waals surface area contributed by atoms with Crippen LogP contribution in [-0.2, 0) is 11.3 Å². The molecule has 2 aromatic rings. The molecule has 0 radical (unpaired) electrons. The maximum atomic E-state index is 12.4. The summed E-state index contributed by atoms with van der Waals surface area (Å²) in [5.41, 5.74) is 2.18. The van der Waals surface area contributed by atoms with Gasteiger partial charge in [-0.05, 0) is 41.8 Å². The Kier molecular flexibility index (Phi) is 5.31. The number of nitrogens with one attached hydrogen (secondary N) is 1. The van der Waals surface area contributed by atoms with Crippen molar-refractivity contribution in [2.24, 2.45) is 0 Å². The second kappa shape index (κ2) is 7.62. The molecule has 0 atom stereocenters. The van der Waals surface area contributed by atoms with Crippen LogP contribution in [0.5, 0.6) is 5.75 Å². The third-order valence-corrected chi connectivity index (χ3v) is 4.81. The smallest absolute Gasteiger partial charge is 0.261 e. The average Bonchev–Trinajstić information content (AvgIpc) is 3.30. The minimum absolute atomic E-state index is 0.00796. The van der Waals surface area contributed by atoms with Crippen molar-refractivity contribution in [1.82, 2.24) is 5.32 Å². The van der Waals surface area contributed by atoms with Gasteiger partial charge in [0, 0.05) is 19.2 Å². The number of carbonyl (C=O) groups excluding carboxylic acids is 1. The van der Waals surface area contributed by atoms with E-state index in [-0.39, 0.29) is 5.91 Å². The van der Waals surface area contributed by atoms with E-state index in [1.54, 1.807) is 7.11 Å². The lowest BCUT2D eigenvalue weighted by atomic mass is 10.1. The first-order valence-electron chi connectivity index (χ1n) is 7.85. The topological polar surface area (TPSA) is 47.6 Å². The van der Waals surface area contributed by atoms with Crippen LogP contribution in [0.1, 0.15) is 39.6 Å². The van der Waals surface area contributed by atoms with E-state index >= 15 is 0 Å². The van der Waals surface area contributed by atoms with Crippen LogP contribution < -0.4 is 10.1 Å². The van der Waals surface area contributed by atoms with Gasteiger partial charge < -0.3 is 14.8 Å². The third-order valence-electron chi connectivity index (χ3n) is 3.88. The number of hydrogen-bond acceptors (Lipinski definition) is 4. The first kappa shape index (κ1) is 16.0. The molecule has 23 heavy (non-hydrogen) atoms. The molecular formula is C18H21NO3S. The Morgan fingerprint density at radius 3 is 2.87 bits per heavy atom. The van der Waals surface area contributed by atoms with Crippen molar-refractivity contribution in [3.8, 4) is 5.75 Å². The number of para-hydroxylation sites is 1. The fraction of sp³-hybridized carbons (Fsp3) is 0.389. The van der Waals surface area contributed by atoms with E-state index < -0.39 is 0 Å². The first-order valence-corrected chi connectivity index (χ1v) is 8.72. The number of amides is 1. The molecule has 0 bridgehead atoms. The summed E-state index contributed by atoms with van der Waals surface area (Å²) >= 11 is 1.52. The van der Waals surface area contributed by atoms with Crippen LogP contribution in [0.25, 0.3) is 0 Å². The van der Waals surface area contributed by atoms with Gasteiger partial charge in [0.2, 0.25) is 0 Å². The van der Waals surface area contributed by atoms with E-state index in [4.69, 9.17) is 9.47 Å². The molecule has 0 aliphatic heterocycles. The van der Waals surface area contributed by atoms with E-state index in [9.17, 15) is 4.79 Å². The second-order valence-corrected chi connectivity index (χ2v) is 6.53. The summed E-state index contributed by atoms with van der Waals surface area (Å²) in [6.07, 6.45) is 2.40. The quantitative estimate of drug-likeness (QED) is 0.752. The number of thiophene rings is 1. The Labute approximate surface area is 140 Å². The molecule has 4 nitrogen and oxygen atoms in total. The summed E-state index contributed by atoms with van der Waals surface area (Å²) in [6.45, 7) is 1.50. The summed E-state index contributed by atoms with van der Waals surface area (Å²) in [5.74, 6) is 1.39. The van der Waals surface area contributed by atoms with E-state index in [0.717, 1.165) is 16.2 Å². The molecule has 0 unspecified atom stereocenters. The molecule has 1 fully saturated rings. The van der Waals surface area contributed by atoms with Gasteiger partial charge in [-0.3, -0.25) is 4.79 Å². The highest BCUT2D eigenvalue weighted by Gasteiger charge is 2.28. The van der Waals surface area contributed by atoms with Crippen molar-refractivity contribution < 1.29 is 14.3 Å². The number of carbonyl (C=O) groups is 1. The lowest BCUT2D eigenvalue weighted by molar-refractivity contribution is 0.0953. The molecule has 1 aromatic carbocycles. The van der Waals surface area contributed by atoms with Crippen molar-refractivity contribution in [1.29, 1.82) is 0 Å². The lowest BCUT2D eigenvalue weighted by Crippen LogP contribution is -2.23. The number of hydrogen-bond donors (Lipinski definition) is 1. The van der Waals surface area contributed by atoms with Crippen molar-refractivity contribution in [2.75, 3.05) is 20.3 Å². The van der Waals surface area contributed by atoms with Gasteiger partial charge in [-0.1, -0.05) is 18.2 Å². The first-order chi connectivity index (χ1) is 11.3. The van der Waals surface area contributed by atoms with Crippen LogP contribution in [0.2, 0.25) is 0 Å². The lowest BCUT2D eigenvalue weighted by Gasteiger charge is -2.12. The van der Waals surface area contributed by atoms with Crippen molar-refractivity contribution in [3.63, 3.8) is 0 Å². The largest absolute Gasteiger partial charge is 0.491 e. The Balaban J connectivity index is 1.61. The van der Waals surface area contributed by atoms with E-state index in [2.05, 4.69) is 11.4 Å². The second-order valence-electron chi connectivity index (χ2n) is 5.61. The minimum atomic E-state index is 0.00796. The third kappa shape index (κ3) is 4.12. The molecule has 1 N–H and O–H groups in total. The molecule has 0 saturated heterocycles. The van der Waals surface area contributed by atoms with Gasteiger partial charge >= 0.3 is 0 Å².